The molecular weight excluding hydrogens is 294 g/mol. The van der Waals surface area contributed by atoms with Gasteiger partial charge in [0.15, 0.2) is 0 Å². The summed E-state index contributed by atoms with van der Waals surface area (Å²) < 4.78 is 10.7. The summed E-state index contributed by atoms with van der Waals surface area (Å²) >= 11 is 1.83. The highest BCUT2D eigenvalue weighted by molar-refractivity contribution is 7.97. The highest BCUT2D eigenvalue weighted by Crippen LogP contribution is 2.24. The van der Waals surface area contributed by atoms with Crippen molar-refractivity contribution in [1.29, 1.82) is 0 Å². The second-order valence-corrected chi connectivity index (χ2v) is 5.84. The molecule has 3 rings (SSSR count). The molecule has 0 unspecified atom stereocenters. The van der Waals surface area contributed by atoms with Crippen LogP contribution in [0.1, 0.15) is 11.3 Å². The summed E-state index contributed by atoms with van der Waals surface area (Å²) in [5, 5.41) is 0. The van der Waals surface area contributed by atoms with Gasteiger partial charge in [0.25, 0.3) is 0 Å². The van der Waals surface area contributed by atoms with Gasteiger partial charge in [-0.3, -0.25) is 0 Å². The number of aromatic nitrogens is 1. The number of hydrogen-bond acceptors (Lipinski definition) is 4. The molecule has 0 atom stereocenters. The Balaban J connectivity index is 1.58. The Kier molecular flexibility index (Phi) is 4.81. The van der Waals surface area contributed by atoms with Gasteiger partial charge < -0.3 is 9.15 Å². The van der Waals surface area contributed by atoms with E-state index in [1.165, 1.54) is 5.56 Å². The molecule has 0 fully saturated rings. The molecule has 0 bridgehead atoms. The average molecular weight is 311 g/mol. The fraction of sp³-hybridized carbons (Fsp3) is 0.167. The van der Waals surface area contributed by atoms with E-state index < -0.39 is 0 Å². The molecule has 0 saturated heterocycles. The summed E-state index contributed by atoms with van der Waals surface area (Å²) in [5.41, 5.74) is 3.25. The van der Waals surface area contributed by atoms with Gasteiger partial charge in [0.1, 0.15) is 12.0 Å². The Morgan fingerprint density at radius 1 is 1.00 bits per heavy atom. The van der Waals surface area contributed by atoms with Crippen LogP contribution < -0.4 is 4.74 Å². The van der Waals surface area contributed by atoms with Crippen LogP contribution >= 0.6 is 11.8 Å². The van der Waals surface area contributed by atoms with Gasteiger partial charge in [0.05, 0.1) is 12.8 Å². The Morgan fingerprint density at radius 3 is 2.50 bits per heavy atom. The third kappa shape index (κ3) is 3.71. The largest absolute Gasteiger partial charge is 0.497 e. The fourth-order valence-electron chi connectivity index (χ4n) is 2.09. The van der Waals surface area contributed by atoms with Crippen molar-refractivity contribution < 1.29 is 9.15 Å². The first-order valence-electron chi connectivity index (χ1n) is 7.05. The van der Waals surface area contributed by atoms with Crippen LogP contribution in [0.25, 0.3) is 11.5 Å². The molecule has 1 aromatic heterocycles. The molecule has 4 heteroatoms. The molecule has 0 aliphatic carbocycles. The van der Waals surface area contributed by atoms with Crippen LogP contribution in [0.4, 0.5) is 0 Å². The number of hydrogen-bond donors (Lipinski definition) is 0. The normalized spacial score (nSPS) is 10.6. The standard InChI is InChI=1S/C18H17NO2S/c1-20-17-9-7-15(8-10-17)18-19-16(11-21-18)13-22-12-14-5-3-2-4-6-14/h2-11H,12-13H2,1H3. The van der Waals surface area contributed by atoms with Crippen LogP contribution in [0.15, 0.2) is 65.3 Å². The van der Waals surface area contributed by atoms with E-state index in [9.17, 15) is 0 Å². The molecule has 0 aliphatic heterocycles. The van der Waals surface area contributed by atoms with Crippen LogP contribution in [-0.4, -0.2) is 12.1 Å². The van der Waals surface area contributed by atoms with Crippen LogP contribution in [0.5, 0.6) is 5.75 Å². The summed E-state index contributed by atoms with van der Waals surface area (Å²) in [6.45, 7) is 0. The zero-order valence-corrected chi connectivity index (χ0v) is 13.2. The van der Waals surface area contributed by atoms with Gasteiger partial charge in [-0.25, -0.2) is 4.98 Å². The minimum Gasteiger partial charge on any atom is -0.497 e. The van der Waals surface area contributed by atoms with Gasteiger partial charge in [-0.1, -0.05) is 30.3 Å². The molecule has 0 aliphatic rings. The van der Waals surface area contributed by atoms with Crippen molar-refractivity contribution in [2.24, 2.45) is 0 Å². The number of thioether (sulfide) groups is 1. The molecule has 0 radical (unpaired) electrons. The van der Waals surface area contributed by atoms with Gasteiger partial charge in [-0.2, -0.15) is 11.8 Å². The monoisotopic (exact) mass is 311 g/mol. The van der Waals surface area contributed by atoms with E-state index in [-0.39, 0.29) is 0 Å². The lowest BCUT2D eigenvalue weighted by atomic mass is 10.2. The quantitative estimate of drug-likeness (QED) is 0.656. The second kappa shape index (κ2) is 7.18. The maximum absolute atomic E-state index is 5.56. The van der Waals surface area contributed by atoms with Gasteiger partial charge >= 0.3 is 0 Å². The van der Waals surface area contributed by atoms with Crippen LogP contribution in [-0.2, 0) is 11.5 Å². The molecule has 22 heavy (non-hydrogen) atoms. The van der Waals surface area contributed by atoms with Gasteiger partial charge in [0.2, 0.25) is 5.89 Å². The van der Waals surface area contributed by atoms with Crippen molar-refractivity contribution in [2.45, 2.75) is 11.5 Å². The van der Waals surface area contributed by atoms with Crippen molar-refractivity contribution in [1.82, 2.24) is 4.98 Å². The number of oxazole rings is 1. The van der Waals surface area contributed by atoms with Crippen LogP contribution in [0, 0.1) is 0 Å². The van der Waals surface area contributed by atoms with Gasteiger partial charge in [0, 0.05) is 17.1 Å². The van der Waals surface area contributed by atoms with E-state index in [0.717, 1.165) is 28.5 Å². The van der Waals surface area contributed by atoms with E-state index in [4.69, 9.17) is 9.15 Å². The first-order valence-corrected chi connectivity index (χ1v) is 8.21. The molecule has 0 spiro atoms. The van der Waals surface area contributed by atoms with Crippen molar-refractivity contribution in [3.05, 3.63) is 72.1 Å². The van der Waals surface area contributed by atoms with E-state index in [1.54, 1.807) is 13.4 Å². The summed E-state index contributed by atoms with van der Waals surface area (Å²) in [5.74, 6) is 3.30. The molecule has 2 aromatic carbocycles. The van der Waals surface area contributed by atoms with E-state index in [1.807, 2.05) is 42.1 Å². The van der Waals surface area contributed by atoms with Crippen molar-refractivity contribution in [2.75, 3.05) is 7.11 Å². The smallest absolute Gasteiger partial charge is 0.226 e. The molecule has 112 valence electrons. The predicted molar refractivity (Wildman–Crippen MR) is 89.9 cm³/mol. The predicted octanol–water partition coefficient (Wildman–Crippen LogP) is 4.78. The first kappa shape index (κ1) is 14.7. The van der Waals surface area contributed by atoms with Crippen LogP contribution in [0.2, 0.25) is 0 Å². The van der Waals surface area contributed by atoms with E-state index >= 15 is 0 Å². The number of ether oxygens (including phenoxy) is 1. The summed E-state index contributed by atoms with van der Waals surface area (Å²) in [7, 11) is 1.65. The third-order valence-electron chi connectivity index (χ3n) is 3.25. The fourth-order valence-corrected chi connectivity index (χ4v) is 2.96. The number of benzene rings is 2. The third-order valence-corrected chi connectivity index (χ3v) is 4.29. The molecule has 0 N–H and O–H groups in total. The highest BCUT2D eigenvalue weighted by Gasteiger charge is 2.07. The van der Waals surface area contributed by atoms with E-state index in [2.05, 4.69) is 29.2 Å². The van der Waals surface area contributed by atoms with Crippen molar-refractivity contribution in [3.63, 3.8) is 0 Å². The first-order chi connectivity index (χ1) is 10.8. The maximum atomic E-state index is 5.56. The lowest BCUT2D eigenvalue weighted by Crippen LogP contribution is -1.85. The lowest BCUT2D eigenvalue weighted by molar-refractivity contribution is 0.415. The van der Waals surface area contributed by atoms with Gasteiger partial charge in [-0.05, 0) is 29.8 Å². The summed E-state index contributed by atoms with van der Waals surface area (Å²) in [6.07, 6.45) is 1.73. The highest BCUT2D eigenvalue weighted by atomic mass is 32.2. The Labute approximate surface area is 134 Å². The second-order valence-electron chi connectivity index (χ2n) is 4.85. The van der Waals surface area contributed by atoms with Gasteiger partial charge in [-0.15, -0.1) is 0 Å². The number of rotatable bonds is 6. The topological polar surface area (TPSA) is 35.3 Å². The summed E-state index contributed by atoms with van der Waals surface area (Å²) in [4.78, 5) is 4.54. The SMILES string of the molecule is COc1ccc(-c2nc(CSCc3ccccc3)co2)cc1. The summed E-state index contributed by atoms with van der Waals surface area (Å²) in [6, 6.07) is 18.1. The zero-order valence-electron chi connectivity index (χ0n) is 12.4. The molecular formula is C18H17NO2S. The molecule has 0 saturated carbocycles. The molecule has 3 nitrogen and oxygen atoms in total. The van der Waals surface area contributed by atoms with E-state index in [0.29, 0.717) is 5.89 Å². The number of methoxy groups -OCH3 is 1. The minimum absolute atomic E-state index is 0.651. The van der Waals surface area contributed by atoms with Crippen molar-refractivity contribution >= 4 is 11.8 Å². The Hall–Kier alpha value is -2.20. The molecule has 1 heterocycles. The molecule has 0 amide bonds. The Morgan fingerprint density at radius 2 is 1.77 bits per heavy atom. The zero-order chi connectivity index (χ0) is 15.2. The maximum Gasteiger partial charge on any atom is 0.226 e. The minimum atomic E-state index is 0.651. The van der Waals surface area contributed by atoms with Crippen LogP contribution in [0.3, 0.4) is 0 Å². The average Bonchev–Trinajstić information content (AvgIpc) is 3.05. The Bertz CT molecular complexity index is 707. The number of nitrogens with zero attached hydrogens (tertiary/aromatic N) is 1. The molecule has 3 aromatic rings. The lowest BCUT2D eigenvalue weighted by Gasteiger charge is -2.00. The van der Waals surface area contributed by atoms with Crippen molar-refractivity contribution in [3.8, 4) is 17.2 Å².